The predicted molar refractivity (Wildman–Crippen MR) is 114 cm³/mol. The number of pyridine rings is 1. The summed E-state index contributed by atoms with van der Waals surface area (Å²) in [5.74, 6) is -0.102. The van der Waals surface area contributed by atoms with Gasteiger partial charge in [0.05, 0.1) is 34.3 Å². The van der Waals surface area contributed by atoms with Crippen molar-refractivity contribution in [2.45, 2.75) is 47.5 Å². The Hall–Kier alpha value is -2.83. The van der Waals surface area contributed by atoms with E-state index in [0.29, 0.717) is 28.9 Å². The van der Waals surface area contributed by atoms with Gasteiger partial charge >= 0.3 is 5.97 Å². The fourth-order valence-electron chi connectivity index (χ4n) is 2.96. The second-order valence-corrected chi connectivity index (χ2v) is 7.64. The van der Waals surface area contributed by atoms with Crippen molar-refractivity contribution >= 4 is 28.5 Å². The van der Waals surface area contributed by atoms with E-state index in [4.69, 9.17) is 15.2 Å². The number of unbranched alkanes of at least 4 members (excludes halogenated alkanes) is 1. The molecule has 0 aliphatic heterocycles. The molecule has 1 aromatic heterocycles. The van der Waals surface area contributed by atoms with E-state index in [1.54, 1.807) is 19.9 Å². The van der Waals surface area contributed by atoms with Gasteiger partial charge in [-0.05, 0) is 46.2 Å². The van der Waals surface area contributed by atoms with E-state index in [2.05, 4.69) is 17.2 Å². The van der Waals surface area contributed by atoms with Gasteiger partial charge in [0.1, 0.15) is 17.9 Å². The monoisotopic (exact) mass is 401 g/mol. The minimum Gasteiger partial charge on any atom is -0.492 e. The van der Waals surface area contributed by atoms with Crippen LogP contribution in [0, 0.1) is 12.3 Å². The standard InChI is InChI=1S/C22H31N3O4/c1-6-8-12-24-21(27)22(4,5)13-29-16-11-9-10-15-18(16)19(23)17(14(3)25-15)20(26)28-7-2/h9-11H,6-8,12-13H2,1-5H3,(H2,23,25)(H,24,27). The highest BCUT2D eigenvalue weighted by molar-refractivity contribution is 6.07. The maximum absolute atomic E-state index is 12.5. The lowest BCUT2D eigenvalue weighted by Crippen LogP contribution is -2.41. The average Bonchev–Trinajstić information content (AvgIpc) is 2.66. The number of ether oxygens (including phenoxy) is 2. The Balaban J connectivity index is 2.32. The number of nitrogen functional groups attached to an aromatic ring is 1. The molecule has 1 heterocycles. The highest BCUT2D eigenvalue weighted by Gasteiger charge is 2.29. The number of nitrogens with two attached hydrogens (primary N) is 1. The molecule has 0 aliphatic rings. The van der Waals surface area contributed by atoms with Crippen LogP contribution in [0.15, 0.2) is 18.2 Å². The lowest BCUT2D eigenvalue weighted by Gasteiger charge is -2.24. The lowest BCUT2D eigenvalue weighted by atomic mass is 9.93. The summed E-state index contributed by atoms with van der Waals surface area (Å²) in [5, 5.41) is 3.48. The molecular formula is C22H31N3O4. The molecule has 0 saturated heterocycles. The number of rotatable bonds is 9. The molecule has 3 N–H and O–H groups in total. The number of hydrogen-bond donors (Lipinski definition) is 2. The van der Waals surface area contributed by atoms with Gasteiger partial charge in [0.15, 0.2) is 0 Å². The van der Waals surface area contributed by atoms with E-state index in [0.717, 1.165) is 12.8 Å². The first-order valence-electron chi connectivity index (χ1n) is 10.00. The normalized spacial score (nSPS) is 11.3. The Morgan fingerprint density at radius 2 is 1.97 bits per heavy atom. The summed E-state index contributed by atoms with van der Waals surface area (Å²) in [7, 11) is 0. The summed E-state index contributed by atoms with van der Waals surface area (Å²) in [5.41, 5.74) is 7.24. The van der Waals surface area contributed by atoms with Crippen LogP contribution < -0.4 is 15.8 Å². The van der Waals surface area contributed by atoms with Crippen LogP contribution in [0.2, 0.25) is 0 Å². The predicted octanol–water partition coefficient (Wildman–Crippen LogP) is 3.62. The lowest BCUT2D eigenvalue weighted by molar-refractivity contribution is -0.130. The van der Waals surface area contributed by atoms with Crippen molar-refractivity contribution in [3.05, 3.63) is 29.5 Å². The van der Waals surface area contributed by atoms with E-state index >= 15 is 0 Å². The van der Waals surface area contributed by atoms with Crippen LogP contribution in [0.25, 0.3) is 10.9 Å². The number of carbonyl (C=O) groups excluding carboxylic acids is 2. The molecule has 0 fully saturated rings. The van der Waals surface area contributed by atoms with Crippen molar-refractivity contribution < 1.29 is 19.1 Å². The minimum absolute atomic E-state index is 0.0691. The highest BCUT2D eigenvalue weighted by Crippen LogP contribution is 2.34. The molecule has 29 heavy (non-hydrogen) atoms. The largest absolute Gasteiger partial charge is 0.492 e. The third-order valence-corrected chi connectivity index (χ3v) is 4.69. The number of fused-ring (bicyclic) bond motifs is 1. The van der Waals surface area contributed by atoms with Crippen LogP contribution in [0.4, 0.5) is 5.69 Å². The zero-order valence-corrected chi connectivity index (χ0v) is 17.9. The molecule has 0 spiro atoms. The second-order valence-electron chi connectivity index (χ2n) is 7.64. The smallest absolute Gasteiger partial charge is 0.342 e. The number of anilines is 1. The molecule has 0 aliphatic carbocycles. The Labute approximate surface area is 172 Å². The third kappa shape index (κ3) is 5.16. The summed E-state index contributed by atoms with van der Waals surface area (Å²) >= 11 is 0. The van der Waals surface area contributed by atoms with Gasteiger partial charge in [-0.25, -0.2) is 4.79 Å². The van der Waals surface area contributed by atoms with Crippen molar-refractivity contribution in [2.24, 2.45) is 5.41 Å². The first-order valence-corrected chi connectivity index (χ1v) is 10.00. The molecular weight excluding hydrogens is 370 g/mol. The summed E-state index contributed by atoms with van der Waals surface area (Å²) < 4.78 is 11.1. The number of aromatic nitrogens is 1. The molecule has 7 heteroatoms. The molecule has 7 nitrogen and oxygen atoms in total. The van der Waals surface area contributed by atoms with Crippen LogP contribution >= 0.6 is 0 Å². The van der Waals surface area contributed by atoms with Gasteiger partial charge in [-0.2, -0.15) is 0 Å². The second kappa shape index (κ2) is 9.58. The molecule has 2 rings (SSSR count). The number of amides is 1. The molecule has 1 aromatic carbocycles. The Kier molecular flexibility index (Phi) is 7.42. The van der Waals surface area contributed by atoms with Gasteiger partial charge in [0.2, 0.25) is 5.91 Å². The van der Waals surface area contributed by atoms with Crippen molar-refractivity contribution in [3.63, 3.8) is 0 Å². The number of hydrogen-bond acceptors (Lipinski definition) is 6. The van der Waals surface area contributed by atoms with Crippen molar-refractivity contribution in [3.8, 4) is 5.75 Å². The molecule has 0 saturated carbocycles. The number of esters is 1. The zero-order chi connectivity index (χ0) is 21.6. The quantitative estimate of drug-likeness (QED) is 0.491. The number of nitrogens with one attached hydrogen (secondary N) is 1. The van der Waals surface area contributed by atoms with E-state index in [1.807, 2.05) is 26.0 Å². The Bertz CT molecular complexity index is 893. The van der Waals surface area contributed by atoms with Crippen LogP contribution in [-0.2, 0) is 9.53 Å². The fourth-order valence-corrected chi connectivity index (χ4v) is 2.96. The van der Waals surface area contributed by atoms with Gasteiger partial charge in [0.25, 0.3) is 0 Å². The molecule has 1 amide bonds. The summed E-state index contributed by atoms with van der Waals surface area (Å²) in [6, 6.07) is 5.38. The molecule has 158 valence electrons. The van der Waals surface area contributed by atoms with Crippen LogP contribution in [-0.4, -0.2) is 36.6 Å². The maximum atomic E-state index is 12.5. The molecule has 0 atom stereocenters. The number of nitrogens with zero attached hydrogens (tertiary/aromatic N) is 1. The van der Waals surface area contributed by atoms with Crippen LogP contribution in [0.3, 0.4) is 0 Å². The first-order chi connectivity index (χ1) is 13.7. The highest BCUT2D eigenvalue weighted by atomic mass is 16.5. The molecule has 0 bridgehead atoms. The van der Waals surface area contributed by atoms with E-state index in [1.165, 1.54) is 0 Å². The van der Waals surface area contributed by atoms with Gasteiger partial charge < -0.3 is 20.5 Å². The average molecular weight is 402 g/mol. The first kappa shape index (κ1) is 22.5. The van der Waals surface area contributed by atoms with Gasteiger partial charge in [0, 0.05) is 6.54 Å². The van der Waals surface area contributed by atoms with Crippen LogP contribution in [0.1, 0.15) is 56.6 Å². The number of aryl methyl sites for hydroxylation is 1. The summed E-state index contributed by atoms with van der Waals surface area (Å²) in [4.78, 5) is 29.3. The summed E-state index contributed by atoms with van der Waals surface area (Å²) in [6.07, 6.45) is 1.95. The van der Waals surface area contributed by atoms with Crippen molar-refractivity contribution in [2.75, 3.05) is 25.5 Å². The SMILES string of the molecule is CCCCNC(=O)C(C)(C)COc1cccc2nc(C)c(C(=O)OCC)c(N)c12. The fraction of sp³-hybridized carbons (Fsp3) is 0.500. The minimum atomic E-state index is -0.729. The van der Waals surface area contributed by atoms with Gasteiger partial charge in [-0.3, -0.25) is 9.78 Å². The number of carbonyl (C=O) groups is 2. The van der Waals surface area contributed by atoms with Gasteiger partial charge in [-0.15, -0.1) is 0 Å². The van der Waals surface area contributed by atoms with Gasteiger partial charge in [-0.1, -0.05) is 19.4 Å². The van der Waals surface area contributed by atoms with E-state index < -0.39 is 11.4 Å². The summed E-state index contributed by atoms with van der Waals surface area (Å²) in [6.45, 7) is 10.2. The van der Waals surface area contributed by atoms with Crippen molar-refractivity contribution in [1.29, 1.82) is 0 Å². The Morgan fingerprint density at radius 3 is 2.62 bits per heavy atom. The van der Waals surface area contributed by atoms with Crippen LogP contribution in [0.5, 0.6) is 5.75 Å². The molecule has 2 aromatic rings. The third-order valence-electron chi connectivity index (χ3n) is 4.69. The van der Waals surface area contributed by atoms with Crippen molar-refractivity contribution in [1.82, 2.24) is 10.3 Å². The maximum Gasteiger partial charge on any atom is 0.342 e. The Morgan fingerprint density at radius 1 is 1.24 bits per heavy atom. The van der Waals surface area contributed by atoms with E-state index in [9.17, 15) is 9.59 Å². The number of benzene rings is 1. The topological polar surface area (TPSA) is 104 Å². The van der Waals surface area contributed by atoms with E-state index in [-0.39, 0.29) is 30.4 Å². The molecule has 0 unspecified atom stereocenters. The zero-order valence-electron chi connectivity index (χ0n) is 17.9. The molecule has 0 radical (unpaired) electrons.